The maximum atomic E-state index is 13.9. The molecule has 1 unspecified atom stereocenters. The van der Waals surface area contributed by atoms with Crippen LogP contribution in [0.3, 0.4) is 0 Å². The molecule has 1 aromatic heterocycles. The van der Waals surface area contributed by atoms with E-state index in [-0.39, 0.29) is 11.7 Å². The average molecular weight is 531 g/mol. The van der Waals surface area contributed by atoms with Crippen LogP contribution in [0, 0.1) is 11.3 Å². The molecule has 3 N–H and O–H groups in total. The minimum atomic E-state index is -4.45. The Hall–Kier alpha value is -4.29. The summed E-state index contributed by atoms with van der Waals surface area (Å²) in [7, 11) is 0. The van der Waals surface area contributed by atoms with Crippen LogP contribution in [-0.4, -0.2) is 37.2 Å². The van der Waals surface area contributed by atoms with E-state index in [9.17, 15) is 13.2 Å². The molecule has 0 saturated heterocycles. The molecule has 0 fully saturated rings. The smallest absolute Gasteiger partial charge is 0.382 e. The highest BCUT2D eigenvalue weighted by Gasteiger charge is 2.36. The number of anilines is 2. The fourth-order valence-electron chi connectivity index (χ4n) is 5.06. The third-order valence-electron chi connectivity index (χ3n) is 6.94. The lowest BCUT2D eigenvalue weighted by molar-refractivity contribution is -0.137. The Kier molecular flexibility index (Phi) is 7.84. The van der Waals surface area contributed by atoms with Gasteiger partial charge in [0, 0.05) is 44.6 Å². The number of halogens is 3. The van der Waals surface area contributed by atoms with Crippen LogP contribution in [0.4, 0.5) is 24.7 Å². The van der Waals surface area contributed by atoms with Gasteiger partial charge in [0.1, 0.15) is 11.9 Å². The quantitative estimate of drug-likeness (QED) is 0.346. The highest BCUT2D eigenvalue weighted by Crippen LogP contribution is 2.39. The van der Waals surface area contributed by atoms with Gasteiger partial charge in [-0.25, -0.2) is 4.98 Å². The first-order valence-corrected chi connectivity index (χ1v) is 12.9. The van der Waals surface area contributed by atoms with E-state index in [1.807, 2.05) is 24.3 Å². The summed E-state index contributed by atoms with van der Waals surface area (Å²) in [6.07, 6.45) is 0.454. The number of nitrogens with zero attached hydrogens (tertiary/aromatic N) is 3. The number of benzene rings is 2. The number of hydrogen-bond donors (Lipinski definition) is 3. The van der Waals surface area contributed by atoms with Crippen molar-refractivity contribution >= 4 is 11.5 Å². The molecule has 0 spiro atoms. The number of para-hydroxylation sites is 1. The van der Waals surface area contributed by atoms with Gasteiger partial charge in [0.15, 0.2) is 0 Å². The summed E-state index contributed by atoms with van der Waals surface area (Å²) in [4.78, 5) is 5.93. The van der Waals surface area contributed by atoms with Gasteiger partial charge in [0.05, 0.1) is 22.5 Å². The summed E-state index contributed by atoms with van der Waals surface area (Å²) in [6, 6.07) is 21.6. The lowest BCUT2D eigenvalue weighted by atomic mass is 9.88. The molecule has 6 nitrogen and oxygen atoms in total. The molecule has 0 bridgehead atoms. The molecule has 2 aliphatic rings. The van der Waals surface area contributed by atoms with Crippen LogP contribution in [0.15, 0.2) is 96.0 Å². The first-order chi connectivity index (χ1) is 18.9. The van der Waals surface area contributed by atoms with Crippen molar-refractivity contribution < 1.29 is 13.2 Å². The largest absolute Gasteiger partial charge is 0.418 e. The van der Waals surface area contributed by atoms with Crippen LogP contribution in [0.1, 0.15) is 23.1 Å². The third-order valence-corrected chi connectivity index (χ3v) is 6.94. The standard InChI is InChI=1S/C30H29F3N6/c31-30(32,33)26-8-4-5-9-28(26)39-19-23-15-24(14-21-6-2-1-3-7-21)37-18-25(23)27(20-39)35-12-13-36-29-11-10-22(16-34)17-38-29/h1-11,17,20,24,35,37H,12-15,18-19H2,(H,36,38). The first-order valence-electron chi connectivity index (χ1n) is 12.9. The Labute approximate surface area is 225 Å². The van der Waals surface area contributed by atoms with Crippen LogP contribution in [0.5, 0.6) is 0 Å². The molecular formula is C30H29F3N6. The monoisotopic (exact) mass is 530 g/mol. The molecule has 0 radical (unpaired) electrons. The van der Waals surface area contributed by atoms with Gasteiger partial charge in [-0.3, -0.25) is 0 Å². The zero-order valence-electron chi connectivity index (χ0n) is 21.3. The molecule has 9 heteroatoms. The van der Waals surface area contributed by atoms with Crippen molar-refractivity contribution in [2.45, 2.75) is 25.1 Å². The molecule has 200 valence electrons. The van der Waals surface area contributed by atoms with Crippen molar-refractivity contribution in [2.75, 3.05) is 36.4 Å². The van der Waals surface area contributed by atoms with Gasteiger partial charge >= 0.3 is 6.18 Å². The molecule has 5 rings (SSSR count). The summed E-state index contributed by atoms with van der Waals surface area (Å²) < 4.78 is 41.6. The maximum Gasteiger partial charge on any atom is 0.418 e. The molecule has 0 saturated carbocycles. The van der Waals surface area contributed by atoms with Crippen molar-refractivity contribution in [3.8, 4) is 6.07 Å². The summed E-state index contributed by atoms with van der Waals surface area (Å²) in [6.45, 7) is 2.13. The van der Waals surface area contributed by atoms with Crippen LogP contribution >= 0.6 is 0 Å². The van der Waals surface area contributed by atoms with E-state index in [1.165, 1.54) is 23.9 Å². The van der Waals surface area contributed by atoms with Crippen molar-refractivity contribution in [2.24, 2.45) is 0 Å². The van der Waals surface area contributed by atoms with Gasteiger partial charge in [-0.15, -0.1) is 0 Å². The molecule has 2 aliphatic heterocycles. The number of nitrogens with one attached hydrogen (secondary N) is 3. The van der Waals surface area contributed by atoms with Crippen LogP contribution < -0.4 is 20.9 Å². The van der Waals surface area contributed by atoms with E-state index < -0.39 is 11.7 Å². The molecule has 3 heterocycles. The normalized spacial score (nSPS) is 17.2. The van der Waals surface area contributed by atoms with Crippen molar-refractivity contribution in [3.05, 3.63) is 113 Å². The Balaban J connectivity index is 1.34. The van der Waals surface area contributed by atoms with E-state index >= 15 is 0 Å². The highest BCUT2D eigenvalue weighted by atomic mass is 19.4. The predicted molar refractivity (Wildman–Crippen MR) is 146 cm³/mol. The molecular weight excluding hydrogens is 501 g/mol. The van der Waals surface area contributed by atoms with Gasteiger partial charge in [-0.05, 0) is 53.8 Å². The van der Waals surface area contributed by atoms with Gasteiger partial charge in [-0.2, -0.15) is 18.4 Å². The molecule has 3 aromatic rings. The fourth-order valence-corrected chi connectivity index (χ4v) is 5.06. The zero-order valence-corrected chi connectivity index (χ0v) is 21.3. The maximum absolute atomic E-state index is 13.9. The second kappa shape index (κ2) is 11.6. The number of rotatable bonds is 8. The molecule has 1 atom stereocenters. The summed E-state index contributed by atoms with van der Waals surface area (Å²) in [5, 5.41) is 19.2. The minimum Gasteiger partial charge on any atom is -0.382 e. The summed E-state index contributed by atoms with van der Waals surface area (Å²) in [5.41, 5.74) is 4.27. The Morgan fingerprint density at radius 1 is 1.00 bits per heavy atom. The number of aromatic nitrogens is 1. The van der Waals surface area contributed by atoms with E-state index in [0.717, 1.165) is 35.8 Å². The zero-order chi connectivity index (χ0) is 27.2. The minimum absolute atomic E-state index is 0.147. The van der Waals surface area contributed by atoms with Crippen LogP contribution in [0.2, 0.25) is 0 Å². The van der Waals surface area contributed by atoms with E-state index in [0.29, 0.717) is 37.6 Å². The van der Waals surface area contributed by atoms with Gasteiger partial charge in [0.2, 0.25) is 0 Å². The second-order valence-electron chi connectivity index (χ2n) is 9.64. The van der Waals surface area contributed by atoms with Gasteiger partial charge in [0.25, 0.3) is 0 Å². The van der Waals surface area contributed by atoms with Crippen molar-refractivity contribution in [3.63, 3.8) is 0 Å². The molecule has 39 heavy (non-hydrogen) atoms. The topological polar surface area (TPSA) is 76.0 Å². The number of pyridine rings is 1. The number of alkyl halides is 3. The van der Waals surface area contributed by atoms with Gasteiger partial charge < -0.3 is 20.9 Å². The average Bonchev–Trinajstić information content (AvgIpc) is 2.95. The SMILES string of the molecule is N#Cc1ccc(NCCNC2=CN(c3ccccc3C(F)(F)F)CC3=C2CNC(Cc2ccccc2)C3)nc1. The lowest BCUT2D eigenvalue weighted by Gasteiger charge is -2.37. The Morgan fingerprint density at radius 2 is 1.77 bits per heavy atom. The third kappa shape index (κ3) is 6.41. The summed E-state index contributed by atoms with van der Waals surface area (Å²) >= 11 is 0. The summed E-state index contributed by atoms with van der Waals surface area (Å²) in [5.74, 6) is 0.650. The number of nitriles is 1. The lowest BCUT2D eigenvalue weighted by Crippen LogP contribution is -2.43. The highest BCUT2D eigenvalue weighted by molar-refractivity contribution is 5.62. The Morgan fingerprint density at radius 3 is 2.51 bits per heavy atom. The van der Waals surface area contributed by atoms with E-state index in [1.54, 1.807) is 29.3 Å². The number of hydrogen-bond acceptors (Lipinski definition) is 6. The van der Waals surface area contributed by atoms with Crippen molar-refractivity contribution in [1.29, 1.82) is 5.26 Å². The predicted octanol–water partition coefficient (Wildman–Crippen LogP) is 5.24. The molecule has 2 aromatic carbocycles. The molecule has 0 amide bonds. The van der Waals surface area contributed by atoms with E-state index in [4.69, 9.17) is 5.26 Å². The van der Waals surface area contributed by atoms with E-state index in [2.05, 4.69) is 33.1 Å². The van der Waals surface area contributed by atoms with Crippen LogP contribution in [0.25, 0.3) is 0 Å². The Bertz CT molecular complexity index is 1390. The first kappa shape index (κ1) is 26.3. The fraction of sp³-hybridized carbons (Fsp3) is 0.267. The molecule has 0 aliphatic carbocycles. The second-order valence-corrected chi connectivity index (χ2v) is 9.64. The van der Waals surface area contributed by atoms with Gasteiger partial charge in [-0.1, -0.05) is 42.5 Å². The van der Waals surface area contributed by atoms with Crippen molar-refractivity contribution in [1.82, 2.24) is 15.6 Å². The van der Waals surface area contributed by atoms with Crippen LogP contribution in [-0.2, 0) is 12.6 Å².